The lowest BCUT2D eigenvalue weighted by Crippen LogP contribution is -2.18. The van der Waals surface area contributed by atoms with Crippen molar-refractivity contribution in [3.8, 4) is 0 Å². The Morgan fingerprint density at radius 2 is 1.92 bits per heavy atom. The average molecular weight is 405 g/mol. The van der Waals surface area contributed by atoms with Crippen LogP contribution in [0.4, 0.5) is 19.0 Å². The van der Waals surface area contributed by atoms with Gasteiger partial charge in [-0.2, -0.15) is 13.2 Å². The van der Waals surface area contributed by atoms with Crippen molar-refractivity contribution in [2.75, 3.05) is 5.32 Å². The Morgan fingerprint density at radius 3 is 2.46 bits per heavy atom. The number of rotatable bonds is 3. The monoisotopic (exact) mass is 404 g/mol. The molecule has 0 saturated carbocycles. The third-order valence-corrected chi connectivity index (χ3v) is 3.74. The first kappa shape index (κ1) is 18.5. The number of carbonyl (C=O) groups is 1. The first-order chi connectivity index (χ1) is 11.0. The van der Waals surface area contributed by atoms with Crippen LogP contribution in [0.1, 0.15) is 37.7 Å². The Bertz CT molecular complexity index is 749. The molecule has 0 radical (unpaired) electrons. The Balaban J connectivity index is 2.15. The molecule has 0 atom stereocenters. The molecule has 0 bridgehead atoms. The fraction of sp³-hybridized carbons (Fsp3) is 0.375. The number of benzene rings is 1. The topological polar surface area (TPSA) is 55.1 Å². The number of carbonyl (C=O) groups excluding carboxylic acids is 1. The summed E-state index contributed by atoms with van der Waals surface area (Å²) in [5, 5.41) is 6.17. The number of halogens is 4. The van der Waals surface area contributed by atoms with Crippen molar-refractivity contribution in [3.63, 3.8) is 0 Å². The maximum Gasteiger partial charge on any atom is 0.416 e. The summed E-state index contributed by atoms with van der Waals surface area (Å²) in [5.74, 6) is 0.143. The van der Waals surface area contributed by atoms with Crippen LogP contribution in [-0.2, 0) is 22.8 Å². The number of amides is 1. The summed E-state index contributed by atoms with van der Waals surface area (Å²) in [5.41, 5.74) is -1.24. The number of nitrogens with zero attached hydrogens (tertiary/aromatic N) is 1. The molecule has 1 heterocycles. The molecule has 0 fully saturated rings. The van der Waals surface area contributed by atoms with Crippen LogP contribution in [-0.4, -0.2) is 11.1 Å². The summed E-state index contributed by atoms with van der Waals surface area (Å²) in [7, 11) is 0. The number of alkyl halides is 3. The van der Waals surface area contributed by atoms with Crippen molar-refractivity contribution in [2.45, 2.75) is 38.8 Å². The first-order valence-corrected chi connectivity index (χ1v) is 7.89. The number of aromatic nitrogens is 1. The van der Waals surface area contributed by atoms with Crippen LogP contribution in [0.2, 0.25) is 0 Å². The van der Waals surface area contributed by atoms with E-state index < -0.39 is 24.1 Å². The van der Waals surface area contributed by atoms with Crippen molar-refractivity contribution < 1.29 is 22.5 Å². The van der Waals surface area contributed by atoms with Gasteiger partial charge in [0.05, 0.1) is 12.0 Å². The van der Waals surface area contributed by atoms with Crippen LogP contribution in [0.5, 0.6) is 0 Å². The molecule has 4 nitrogen and oxygen atoms in total. The predicted molar refractivity (Wildman–Crippen MR) is 86.7 cm³/mol. The van der Waals surface area contributed by atoms with Gasteiger partial charge >= 0.3 is 6.18 Å². The van der Waals surface area contributed by atoms with Gasteiger partial charge in [-0.3, -0.25) is 4.79 Å². The van der Waals surface area contributed by atoms with Gasteiger partial charge in [-0.25, -0.2) is 0 Å². The summed E-state index contributed by atoms with van der Waals surface area (Å²) in [6.07, 6.45) is -4.95. The highest BCUT2D eigenvalue weighted by Gasteiger charge is 2.34. The molecule has 2 rings (SSSR count). The van der Waals surface area contributed by atoms with E-state index in [1.165, 1.54) is 12.1 Å². The zero-order valence-corrected chi connectivity index (χ0v) is 14.9. The minimum absolute atomic E-state index is 0.109. The van der Waals surface area contributed by atoms with Crippen molar-refractivity contribution in [1.82, 2.24) is 5.16 Å². The normalized spacial score (nSPS) is 12.3. The Morgan fingerprint density at radius 1 is 1.25 bits per heavy atom. The third kappa shape index (κ3) is 4.59. The third-order valence-electron chi connectivity index (χ3n) is 3.25. The van der Waals surface area contributed by atoms with Gasteiger partial charge in [0.1, 0.15) is 5.76 Å². The van der Waals surface area contributed by atoms with E-state index >= 15 is 0 Å². The van der Waals surface area contributed by atoms with E-state index in [9.17, 15) is 18.0 Å². The van der Waals surface area contributed by atoms with Crippen LogP contribution in [0.25, 0.3) is 0 Å². The Labute approximate surface area is 145 Å². The highest BCUT2D eigenvalue weighted by atomic mass is 79.9. The molecule has 0 saturated heterocycles. The largest absolute Gasteiger partial charge is 0.416 e. The number of hydrogen-bond donors (Lipinski definition) is 1. The molecule has 0 unspecified atom stereocenters. The smallest absolute Gasteiger partial charge is 0.359 e. The summed E-state index contributed by atoms with van der Waals surface area (Å²) in [6.45, 7) is 5.74. The summed E-state index contributed by atoms with van der Waals surface area (Å²) in [6, 6.07) is 5.25. The number of anilines is 1. The Kier molecular flexibility index (Phi) is 5.08. The molecule has 0 spiro atoms. The van der Waals surface area contributed by atoms with Gasteiger partial charge in [0.25, 0.3) is 0 Å². The SMILES string of the molecule is CC(C)(C)c1cc(NC(=O)Cc2ccc(Br)cc2C(F)(F)F)no1. The molecule has 130 valence electrons. The lowest BCUT2D eigenvalue weighted by Gasteiger charge is -2.13. The molecule has 1 N–H and O–H groups in total. The highest BCUT2D eigenvalue weighted by Crippen LogP contribution is 2.34. The van der Waals surface area contributed by atoms with E-state index in [0.29, 0.717) is 10.2 Å². The molecule has 0 aliphatic heterocycles. The molecule has 2 aromatic rings. The average Bonchev–Trinajstić information content (AvgIpc) is 2.88. The van der Waals surface area contributed by atoms with Gasteiger partial charge in [-0.15, -0.1) is 0 Å². The van der Waals surface area contributed by atoms with E-state index in [0.717, 1.165) is 6.07 Å². The zero-order chi connectivity index (χ0) is 18.1. The van der Waals surface area contributed by atoms with Gasteiger partial charge in [0.2, 0.25) is 5.91 Å². The molecule has 8 heteroatoms. The fourth-order valence-electron chi connectivity index (χ4n) is 2.01. The minimum atomic E-state index is -4.54. The van der Waals surface area contributed by atoms with E-state index in [2.05, 4.69) is 26.4 Å². The molecular weight excluding hydrogens is 389 g/mol. The number of nitrogens with one attached hydrogen (secondary N) is 1. The second-order valence-corrected chi connectivity index (χ2v) is 7.27. The lowest BCUT2D eigenvalue weighted by molar-refractivity contribution is -0.138. The highest BCUT2D eigenvalue weighted by molar-refractivity contribution is 9.10. The minimum Gasteiger partial charge on any atom is -0.359 e. The van der Waals surface area contributed by atoms with Gasteiger partial charge in [0, 0.05) is 16.0 Å². The Hall–Kier alpha value is -1.83. The van der Waals surface area contributed by atoms with E-state index in [1.807, 2.05) is 20.8 Å². The standard InChI is InChI=1S/C16H16BrF3N2O2/c1-15(2,3)12-8-13(22-24-12)21-14(23)6-9-4-5-10(17)7-11(9)16(18,19)20/h4-5,7-8H,6H2,1-3H3,(H,21,22,23). The second kappa shape index (κ2) is 6.58. The predicted octanol–water partition coefficient (Wildman–Crippen LogP) is 4.93. The van der Waals surface area contributed by atoms with Crippen LogP contribution < -0.4 is 5.32 Å². The molecule has 0 aliphatic carbocycles. The maximum atomic E-state index is 13.1. The fourth-order valence-corrected chi connectivity index (χ4v) is 2.38. The van der Waals surface area contributed by atoms with E-state index in [-0.39, 0.29) is 16.8 Å². The van der Waals surface area contributed by atoms with Crippen LogP contribution in [0.3, 0.4) is 0 Å². The van der Waals surface area contributed by atoms with Crippen molar-refractivity contribution >= 4 is 27.7 Å². The molecular formula is C16H16BrF3N2O2. The van der Waals surface area contributed by atoms with Gasteiger partial charge in [-0.05, 0) is 17.7 Å². The van der Waals surface area contributed by atoms with E-state index in [1.54, 1.807) is 6.07 Å². The molecule has 0 aliphatic rings. The molecule has 1 aromatic carbocycles. The van der Waals surface area contributed by atoms with Crippen molar-refractivity contribution in [3.05, 3.63) is 45.6 Å². The summed E-state index contributed by atoms with van der Waals surface area (Å²) in [4.78, 5) is 12.0. The molecule has 24 heavy (non-hydrogen) atoms. The van der Waals surface area contributed by atoms with Crippen molar-refractivity contribution in [1.29, 1.82) is 0 Å². The first-order valence-electron chi connectivity index (χ1n) is 7.09. The lowest BCUT2D eigenvalue weighted by atomic mass is 9.93. The van der Waals surface area contributed by atoms with Crippen molar-refractivity contribution in [2.24, 2.45) is 0 Å². The van der Waals surface area contributed by atoms with Crippen LogP contribution in [0.15, 0.2) is 33.3 Å². The molecule has 1 aromatic heterocycles. The van der Waals surface area contributed by atoms with E-state index in [4.69, 9.17) is 4.52 Å². The van der Waals surface area contributed by atoms with Crippen LogP contribution in [0, 0.1) is 0 Å². The van der Waals surface area contributed by atoms with Crippen LogP contribution >= 0.6 is 15.9 Å². The number of hydrogen-bond acceptors (Lipinski definition) is 3. The van der Waals surface area contributed by atoms with Gasteiger partial charge in [0.15, 0.2) is 5.82 Å². The summed E-state index contributed by atoms with van der Waals surface area (Å²) >= 11 is 3.01. The van der Waals surface area contributed by atoms with Gasteiger partial charge < -0.3 is 9.84 Å². The zero-order valence-electron chi connectivity index (χ0n) is 13.3. The molecule has 1 amide bonds. The quantitative estimate of drug-likeness (QED) is 0.788. The second-order valence-electron chi connectivity index (χ2n) is 6.35. The van der Waals surface area contributed by atoms with Gasteiger partial charge in [-0.1, -0.05) is 47.9 Å². The maximum absolute atomic E-state index is 13.1. The summed E-state index contributed by atoms with van der Waals surface area (Å²) < 4.78 is 44.6.